The van der Waals surface area contributed by atoms with Crippen molar-refractivity contribution in [2.75, 3.05) is 22.9 Å². The van der Waals surface area contributed by atoms with E-state index in [4.69, 9.17) is 32.4 Å². The molecule has 0 saturated carbocycles. The lowest BCUT2D eigenvalue weighted by Gasteiger charge is -2.08. The second kappa shape index (κ2) is 8.61. The number of ether oxygens (including phenoxy) is 2. The Morgan fingerprint density at radius 3 is 1.42 bits per heavy atom. The van der Waals surface area contributed by atoms with E-state index in [0.717, 1.165) is 0 Å². The Morgan fingerprint density at radius 2 is 1.08 bits per heavy atom. The van der Waals surface area contributed by atoms with Crippen molar-refractivity contribution in [2.24, 2.45) is 0 Å². The molecule has 0 bridgehead atoms. The number of anilines is 4. The van der Waals surface area contributed by atoms with E-state index in [-0.39, 0.29) is 24.3 Å². The molecule has 2 aromatic rings. The molecule has 0 saturated heterocycles. The maximum atomic E-state index is 11.8. The highest BCUT2D eigenvalue weighted by atomic mass is 16.5. The monoisotopic (exact) mass is 358 g/mol. The Bertz CT molecular complexity index is 740. The number of esters is 2. The van der Waals surface area contributed by atoms with Crippen molar-refractivity contribution < 1.29 is 19.1 Å². The van der Waals surface area contributed by atoms with E-state index in [9.17, 15) is 9.59 Å². The van der Waals surface area contributed by atoms with E-state index in [1.54, 1.807) is 12.1 Å². The van der Waals surface area contributed by atoms with Crippen molar-refractivity contribution in [3.63, 3.8) is 0 Å². The van der Waals surface area contributed by atoms with Crippen LogP contribution in [0.15, 0.2) is 36.4 Å². The predicted octanol–water partition coefficient (Wildman–Crippen LogP) is 2.09. The van der Waals surface area contributed by atoms with Crippen LogP contribution in [0.1, 0.15) is 25.7 Å². The van der Waals surface area contributed by atoms with Gasteiger partial charge in [-0.3, -0.25) is 9.59 Å². The Balaban J connectivity index is 1.70. The SMILES string of the molecule is Nc1ccc(OC(=O)CCCCC(=O)Oc2ccc(N)cc2N)c(N)c1. The van der Waals surface area contributed by atoms with Crippen LogP contribution in [0.2, 0.25) is 0 Å². The van der Waals surface area contributed by atoms with Crippen molar-refractivity contribution in [1.29, 1.82) is 0 Å². The summed E-state index contributed by atoms with van der Waals surface area (Å²) in [5.41, 5.74) is 24.2. The molecule has 0 fully saturated rings. The summed E-state index contributed by atoms with van der Waals surface area (Å²) in [6, 6.07) is 9.30. The van der Waals surface area contributed by atoms with Crippen molar-refractivity contribution in [1.82, 2.24) is 0 Å². The van der Waals surface area contributed by atoms with Crippen molar-refractivity contribution in [3.05, 3.63) is 36.4 Å². The molecule has 0 heterocycles. The zero-order valence-corrected chi connectivity index (χ0v) is 14.2. The minimum Gasteiger partial charge on any atom is -0.424 e. The molecule has 8 heteroatoms. The minimum absolute atomic E-state index is 0.154. The van der Waals surface area contributed by atoms with Gasteiger partial charge in [0.05, 0.1) is 11.4 Å². The Hall–Kier alpha value is -3.42. The van der Waals surface area contributed by atoms with Gasteiger partial charge in [0.2, 0.25) is 0 Å². The number of rotatable bonds is 7. The molecular weight excluding hydrogens is 336 g/mol. The van der Waals surface area contributed by atoms with Crippen molar-refractivity contribution in [3.8, 4) is 11.5 Å². The molecule has 0 aliphatic rings. The van der Waals surface area contributed by atoms with Gasteiger partial charge in [-0.2, -0.15) is 0 Å². The van der Waals surface area contributed by atoms with Crippen LogP contribution in [0.3, 0.4) is 0 Å². The van der Waals surface area contributed by atoms with Crippen LogP contribution in [-0.2, 0) is 9.59 Å². The predicted molar refractivity (Wildman–Crippen MR) is 100 cm³/mol. The van der Waals surface area contributed by atoms with Crippen LogP contribution < -0.4 is 32.4 Å². The van der Waals surface area contributed by atoms with Crippen molar-refractivity contribution >= 4 is 34.7 Å². The molecule has 26 heavy (non-hydrogen) atoms. The topological polar surface area (TPSA) is 157 Å². The molecule has 0 aromatic heterocycles. The third kappa shape index (κ3) is 5.59. The third-order valence-corrected chi connectivity index (χ3v) is 3.53. The summed E-state index contributed by atoms with van der Waals surface area (Å²) >= 11 is 0. The Labute approximate surface area is 151 Å². The number of benzene rings is 2. The van der Waals surface area contributed by atoms with E-state index < -0.39 is 11.9 Å². The first kappa shape index (κ1) is 18.9. The van der Waals surface area contributed by atoms with Crippen LogP contribution in [0, 0.1) is 0 Å². The number of nitrogens with two attached hydrogens (primary N) is 4. The molecule has 8 nitrogen and oxygen atoms in total. The first-order valence-corrected chi connectivity index (χ1v) is 8.06. The fourth-order valence-corrected chi connectivity index (χ4v) is 2.21. The fourth-order valence-electron chi connectivity index (χ4n) is 2.21. The molecule has 2 aromatic carbocycles. The first-order valence-electron chi connectivity index (χ1n) is 8.06. The molecule has 2 rings (SSSR count). The van der Waals surface area contributed by atoms with Gasteiger partial charge in [-0.15, -0.1) is 0 Å². The maximum absolute atomic E-state index is 11.8. The van der Waals surface area contributed by atoms with E-state index in [0.29, 0.717) is 35.6 Å². The van der Waals surface area contributed by atoms with E-state index in [1.165, 1.54) is 24.3 Å². The number of nitrogen functional groups attached to an aromatic ring is 4. The average molecular weight is 358 g/mol. The van der Waals surface area contributed by atoms with Crippen LogP contribution in [-0.4, -0.2) is 11.9 Å². The number of unbranched alkanes of at least 4 members (excludes halogenated alkanes) is 1. The summed E-state index contributed by atoms with van der Waals surface area (Å²) in [5.74, 6) is -0.333. The molecule has 138 valence electrons. The molecule has 0 aliphatic heterocycles. The normalized spacial score (nSPS) is 10.3. The van der Waals surface area contributed by atoms with Crippen LogP contribution in [0.5, 0.6) is 11.5 Å². The van der Waals surface area contributed by atoms with Gasteiger partial charge in [0.1, 0.15) is 0 Å². The fraction of sp³-hybridized carbons (Fsp3) is 0.222. The van der Waals surface area contributed by atoms with Crippen LogP contribution >= 0.6 is 0 Å². The second-order valence-electron chi connectivity index (χ2n) is 5.75. The smallest absolute Gasteiger partial charge is 0.311 e. The third-order valence-electron chi connectivity index (χ3n) is 3.53. The highest BCUT2D eigenvalue weighted by molar-refractivity contribution is 5.76. The minimum atomic E-state index is -0.433. The molecule has 0 aliphatic carbocycles. The van der Waals surface area contributed by atoms with E-state index >= 15 is 0 Å². The molecule has 8 N–H and O–H groups in total. The standard InChI is InChI=1S/C18H22N4O4/c19-11-5-7-15(13(21)9-11)25-17(23)3-1-2-4-18(24)26-16-8-6-12(20)10-14(16)22/h5-10H,1-4,19-22H2. The molecule has 0 unspecified atom stereocenters. The summed E-state index contributed by atoms with van der Waals surface area (Å²) in [5, 5.41) is 0. The van der Waals surface area contributed by atoms with Gasteiger partial charge in [0.15, 0.2) is 11.5 Å². The summed E-state index contributed by atoms with van der Waals surface area (Å²) < 4.78 is 10.3. The first-order chi connectivity index (χ1) is 12.3. The molecule has 0 radical (unpaired) electrons. The molecule has 0 atom stereocenters. The molecular formula is C18H22N4O4. The molecule has 0 amide bonds. The summed E-state index contributed by atoms with van der Waals surface area (Å²) in [6.45, 7) is 0. The molecule has 0 spiro atoms. The average Bonchev–Trinajstić information content (AvgIpc) is 2.57. The van der Waals surface area contributed by atoms with Crippen molar-refractivity contribution in [2.45, 2.75) is 25.7 Å². The Morgan fingerprint density at radius 1 is 0.692 bits per heavy atom. The largest absolute Gasteiger partial charge is 0.424 e. The quantitative estimate of drug-likeness (QED) is 0.253. The van der Waals surface area contributed by atoms with Gasteiger partial charge in [0.25, 0.3) is 0 Å². The number of hydrogen-bond donors (Lipinski definition) is 4. The second-order valence-corrected chi connectivity index (χ2v) is 5.75. The highest BCUT2D eigenvalue weighted by Crippen LogP contribution is 2.25. The number of carbonyl (C=O) groups is 2. The number of hydrogen-bond acceptors (Lipinski definition) is 8. The lowest BCUT2D eigenvalue weighted by Crippen LogP contribution is -2.11. The lowest BCUT2D eigenvalue weighted by molar-refractivity contribution is -0.136. The lowest BCUT2D eigenvalue weighted by atomic mass is 10.2. The van der Waals surface area contributed by atoms with Crippen LogP contribution in [0.25, 0.3) is 0 Å². The zero-order valence-electron chi connectivity index (χ0n) is 14.2. The number of carbonyl (C=O) groups excluding carboxylic acids is 2. The van der Waals surface area contributed by atoms with Gasteiger partial charge in [-0.1, -0.05) is 0 Å². The highest BCUT2D eigenvalue weighted by Gasteiger charge is 2.11. The van der Waals surface area contributed by atoms with E-state index in [2.05, 4.69) is 0 Å². The summed E-state index contributed by atoms with van der Waals surface area (Å²) in [7, 11) is 0. The Kier molecular flexibility index (Phi) is 6.26. The summed E-state index contributed by atoms with van der Waals surface area (Å²) in [6.07, 6.45) is 1.25. The van der Waals surface area contributed by atoms with Gasteiger partial charge in [-0.25, -0.2) is 0 Å². The van der Waals surface area contributed by atoms with Gasteiger partial charge < -0.3 is 32.4 Å². The van der Waals surface area contributed by atoms with Gasteiger partial charge in [-0.05, 0) is 49.2 Å². The van der Waals surface area contributed by atoms with Gasteiger partial charge in [0, 0.05) is 24.2 Å². The maximum Gasteiger partial charge on any atom is 0.311 e. The van der Waals surface area contributed by atoms with E-state index in [1.807, 2.05) is 0 Å². The zero-order chi connectivity index (χ0) is 19.1. The van der Waals surface area contributed by atoms with Gasteiger partial charge >= 0.3 is 11.9 Å². The summed E-state index contributed by atoms with van der Waals surface area (Å²) in [4.78, 5) is 23.6. The van der Waals surface area contributed by atoms with Crippen LogP contribution in [0.4, 0.5) is 22.7 Å².